The van der Waals surface area contributed by atoms with Gasteiger partial charge in [0.15, 0.2) is 0 Å². The Hall–Kier alpha value is -2.02. The van der Waals surface area contributed by atoms with Crippen LogP contribution in [0.2, 0.25) is 10.0 Å². The molecule has 0 bridgehead atoms. The van der Waals surface area contributed by atoms with Crippen LogP contribution in [0.15, 0.2) is 47.5 Å². The van der Waals surface area contributed by atoms with Gasteiger partial charge in [-0.15, -0.1) is 0 Å². The Morgan fingerprint density at radius 1 is 1.21 bits per heavy atom. The number of hydrogen-bond acceptors (Lipinski definition) is 5. The maximum atomic E-state index is 12.4. The largest absolute Gasteiger partial charge is 0.352 e. The lowest BCUT2D eigenvalue weighted by atomic mass is 10.2. The number of anilines is 1. The molecule has 122 valence electrons. The lowest BCUT2D eigenvalue weighted by Crippen LogP contribution is -2.33. The normalized spacial score (nSPS) is 16.1. The first-order valence-corrected chi connectivity index (χ1v) is 8.47. The first-order valence-electron chi connectivity index (χ1n) is 6.90. The number of benzene rings is 1. The van der Waals surface area contributed by atoms with Gasteiger partial charge in [0, 0.05) is 16.2 Å². The molecule has 0 aliphatic carbocycles. The van der Waals surface area contributed by atoms with Gasteiger partial charge in [-0.05, 0) is 47.7 Å². The Kier molecular flexibility index (Phi) is 5.08. The predicted octanol–water partition coefficient (Wildman–Crippen LogP) is 4.49. The molecule has 0 atom stereocenters. The average Bonchev–Trinajstić information content (AvgIpc) is 2.83. The number of nitrogens with one attached hydrogen (secondary N) is 1. The lowest BCUT2D eigenvalue weighted by molar-refractivity contribution is -0.122. The van der Waals surface area contributed by atoms with Gasteiger partial charge in [-0.1, -0.05) is 35.3 Å². The number of nitrogens with zero attached hydrogens (tertiary/aromatic N) is 2. The number of thioether (sulfide) groups is 1. The van der Waals surface area contributed by atoms with Crippen molar-refractivity contribution in [3.8, 4) is 0 Å². The highest BCUT2D eigenvalue weighted by Gasteiger charge is 2.34. The number of imide groups is 1. The van der Waals surface area contributed by atoms with Gasteiger partial charge in [-0.25, -0.2) is 4.98 Å². The van der Waals surface area contributed by atoms with Crippen LogP contribution in [0.4, 0.5) is 10.6 Å². The molecule has 1 aromatic heterocycles. The van der Waals surface area contributed by atoms with Crippen LogP contribution in [-0.2, 0) is 4.79 Å². The van der Waals surface area contributed by atoms with Crippen LogP contribution in [-0.4, -0.2) is 27.7 Å². The molecule has 8 heteroatoms. The molecule has 5 nitrogen and oxygen atoms in total. The first kappa shape index (κ1) is 16.8. The minimum Gasteiger partial charge on any atom is -0.352 e. The van der Waals surface area contributed by atoms with E-state index in [2.05, 4.69) is 10.3 Å². The molecule has 1 saturated heterocycles. The van der Waals surface area contributed by atoms with Crippen LogP contribution in [0.5, 0.6) is 0 Å². The van der Waals surface area contributed by atoms with Crippen molar-refractivity contribution in [2.75, 3.05) is 12.0 Å². The Bertz CT molecular complexity index is 827. The molecule has 1 aliphatic heterocycles. The highest BCUT2D eigenvalue weighted by atomic mass is 35.5. The Labute approximate surface area is 152 Å². The Balaban J connectivity index is 1.75. The summed E-state index contributed by atoms with van der Waals surface area (Å²) in [5.74, 6) is 0.209. The molecule has 2 amide bonds. The van der Waals surface area contributed by atoms with Crippen molar-refractivity contribution in [2.45, 2.75) is 0 Å². The Morgan fingerprint density at radius 3 is 2.75 bits per heavy atom. The smallest absolute Gasteiger partial charge is 0.295 e. The summed E-state index contributed by atoms with van der Waals surface area (Å²) in [7, 11) is 0. The van der Waals surface area contributed by atoms with E-state index in [1.54, 1.807) is 42.6 Å². The molecule has 24 heavy (non-hydrogen) atoms. The van der Waals surface area contributed by atoms with Gasteiger partial charge in [0.2, 0.25) is 0 Å². The SMILES string of the molecule is O=C1S/C(=C\c2ccc(Cl)cc2Cl)C(=O)N1CNc1ccccn1. The van der Waals surface area contributed by atoms with Gasteiger partial charge in [-0.3, -0.25) is 14.5 Å². The minimum absolute atomic E-state index is 0.0490. The van der Waals surface area contributed by atoms with E-state index in [1.807, 2.05) is 6.07 Å². The van der Waals surface area contributed by atoms with Crippen molar-refractivity contribution in [2.24, 2.45) is 0 Å². The zero-order chi connectivity index (χ0) is 17.1. The van der Waals surface area contributed by atoms with E-state index in [0.29, 0.717) is 26.3 Å². The Morgan fingerprint density at radius 2 is 2.04 bits per heavy atom. The number of carbonyl (C=O) groups excluding carboxylic acids is 2. The van der Waals surface area contributed by atoms with Crippen LogP contribution in [0.25, 0.3) is 6.08 Å². The molecular formula is C16H11Cl2N3O2S. The van der Waals surface area contributed by atoms with Crippen molar-refractivity contribution in [3.05, 3.63) is 63.1 Å². The van der Waals surface area contributed by atoms with Crippen LogP contribution < -0.4 is 5.32 Å². The van der Waals surface area contributed by atoms with Crippen molar-refractivity contribution in [1.29, 1.82) is 0 Å². The highest BCUT2D eigenvalue weighted by molar-refractivity contribution is 8.18. The average molecular weight is 380 g/mol. The predicted molar refractivity (Wildman–Crippen MR) is 97.0 cm³/mol. The number of halogens is 2. The molecule has 2 heterocycles. The molecule has 0 saturated carbocycles. The summed E-state index contributed by atoms with van der Waals surface area (Å²) in [6, 6.07) is 10.3. The van der Waals surface area contributed by atoms with Crippen LogP contribution in [0.1, 0.15) is 5.56 Å². The second-order valence-electron chi connectivity index (χ2n) is 4.83. The van der Waals surface area contributed by atoms with E-state index < -0.39 is 0 Å². The summed E-state index contributed by atoms with van der Waals surface area (Å²) in [6.45, 7) is 0.0490. The van der Waals surface area contributed by atoms with E-state index in [0.717, 1.165) is 16.7 Å². The van der Waals surface area contributed by atoms with Gasteiger partial charge >= 0.3 is 0 Å². The number of carbonyl (C=O) groups is 2. The van der Waals surface area contributed by atoms with Gasteiger partial charge in [-0.2, -0.15) is 0 Å². The summed E-state index contributed by atoms with van der Waals surface area (Å²) in [6.07, 6.45) is 3.21. The highest BCUT2D eigenvalue weighted by Crippen LogP contribution is 2.33. The first-order chi connectivity index (χ1) is 11.5. The van der Waals surface area contributed by atoms with Gasteiger partial charge < -0.3 is 5.32 Å². The number of amides is 2. The molecule has 3 rings (SSSR count). The summed E-state index contributed by atoms with van der Waals surface area (Å²) >= 11 is 12.8. The van der Waals surface area contributed by atoms with E-state index in [-0.39, 0.29) is 17.8 Å². The monoisotopic (exact) mass is 379 g/mol. The molecule has 1 fully saturated rings. The van der Waals surface area contributed by atoms with E-state index in [9.17, 15) is 9.59 Å². The van der Waals surface area contributed by atoms with Crippen LogP contribution >= 0.6 is 35.0 Å². The summed E-state index contributed by atoms with van der Waals surface area (Å²) < 4.78 is 0. The maximum absolute atomic E-state index is 12.4. The fourth-order valence-corrected chi connectivity index (χ4v) is 3.32. The number of hydrogen-bond donors (Lipinski definition) is 1. The minimum atomic E-state index is -0.376. The molecule has 2 aromatic rings. The lowest BCUT2D eigenvalue weighted by Gasteiger charge is -2.13. The third kappa shape index (κ3) is 3.72. The standard InChI is InChI=1S/C16H11Cl2N3O2S/c17-11-5-4-10(12(18)8-11)7-13-15(22)21(16(23)24-13)9-20-14-3-1-2-6-19-14/h1-8H,9H2,(H,19,20)/b13-7-. The van der Waals surface area contributed by atoms with Crippen LogP contribution in [0, 0.1) is 0 Å². The second-order valence-corrected chi connectivity index (χ2v) is 6.66. The van der Waals surface area contributed by atoms with Gasteiger partial charge in [0.25, 0.3) is 11.1 Å². The van der Waals surface area contributed by atoms with Gasteiger partial charge in [0.05, 0.1) is 4.91 Å². The molecule has 0 spiro atoms. The van der Waals surface area contributed by atoms with Gasteiger partial charge in [0.1, 0.15) is 12.5 Å². The third-order valence-corrected chi connectivity index (χ3v) is 4.68. The topological polar surface area (TPSA) is 62.3 Å². The number of pyridine rings is 1. The van der Waals surface area contributed by atoms with Crippen molar-refractivity contribution >= 4 is 58.0 Å². The fourth-order valence-electron chi connectivity index (χ4n) is 2.02. The summed E-state index contributed by atoms with van der Waals surface area (Å²) in [5.41, 5.74) is 0.629. The second kappa shape index (κ2) is 7.25. The molecule has 1 aromatic carbocycles. The molecule has 1 aliphatic rings. The van der Waals surface area contributed by atoms with Crippen LogP contribution in [0.3, 0.4) is 0 Å². The maximum Gasteiger partial charge on any atom is 0.295 e. The van der Waals surface area contributed by atoms with E-state index >= 15 is 0 Å². The van der Waals surface area contributed by atoms with E-state index in [4.69, 9.17) is 23.2 Å². The number of rotatable bonds is 4. The quantitative estimate of drug-likeness (QED) is 0.792. The number of aromatic nitrogens is 1. The van der Waals surface area contributed by atoms with Crippen molar-refractivity contribution in [3.63, 3.8) is 0 Å². The summed E-state index contributed by atoms with van der Waals surface area (Å²) in [5, 5.41) is 3.51. The summed E-state index contributed by atoms with van der Waals surface area (Å²) in [4.78, 5) is 30.0. The molecule has 0 unspecified atom stereocenters. The van der Waals surface area contributed by atoms with E-state index in [1.165, 1.54) is 0 Å². The fraction of sp³-hybridized carbons (Fsp3) is 0.0625. The van der Waals surface area contributed by atoms with Crippen molar-refractivity contribution in [1.82, 2.24) is 9.88 Å². The molecular weight excluding hydrogens is 369 g/mol. The third-order valence-electron chi connectivity index (χ3n) is 3.21. The molecule has 1 N–H and O–H groups in total. The van der Waals surface area contributed by atoms with Crippen molar-refractivity contribution < 1.29 is 9.59 Å². The zero-order valence-corrected chi connectivity index (χ0v) is 14.5. The molecule has 0 radical (unpaired) electrons. The zero-order valence-electron chi connectivity index (χ0n) is 12.2.